The van der Waals surface area contributed by atoms with E-state index in [2.05, 4.69) is 12.2 Å². The van der Waals surface area contributed by atoms with Crippen molar-refractivity contribution in [1.29, 1.82) is 0 Å². The molecule has 2 amide bonds. The van der Waals surface area contributed by atoms with Crippen molar-refractivity contribution in [2.24, 2.45) is 17.8 Å². The van der Waals surface area contributed by atoms with Crippen molar-refractivity contribution in [2.75, 3.05) is 19.8 Å². The Labute approximate surface area is 182 Å². The molecule has 4 fully saturated rings. The van der Waals surface area contributed by atoms with Gasteiger partial charge in [-0.05, 0) is 38.5 Å². The van der Waals surface area contributed by atoms with Crippen LogP contribution in [0, 0.1) is 17.8 Å². The van der Waals surface area contributed by atoms with Crippen molar-refractivity contribution >= 4 is 29.5 Å². The van der Waals surface area contributed by atoms with E-state index in [1.807, 2.05) is 0 Å². The zero-order valence-electron chi connectivity index (χ0n) is 18.0. The number of thioether (sulfide) groups is 1. The van der Waals surface area contributed by atoms with Gasteiger partial charge >= 0.3 is 5.97 Å². The lowest BCUT2D eigenvalue weighted by Gasteiger charge is -2.39. The monoisotopic (exact) mass is 438 g/mol. The van der Waals surface area contributed by atoms with Gasteiger partial charge in [-0.15, -0.1) is 11.8 Å². The summed E-state index contributed by atoms with van der Waals surface area (Å²) in [5, 5.41) is 12.6. The molecule has 8 heteroatoms. The molecule has 2 bridgehead atoms. The van der Waals surface area contributed by atoms with Crippen molar-refractivity contribution in [3.8, 4) is 0 Å². The number of nitrogens with zero attached hydrogens (tertiary/aromatic N) is 1. The maximum absolute atomic E-state index is 13.6. The quantitative estimate of drug-likeness (QED) is 0.588. The molecule has 0 aromatic rings. The summed E-state index contributed by atoms with van der Waals surface area (Å²) in [5.74, 6) is -1.35. The van der Waals surface area contributed by atoms with Crippen molar-refractivity contribution in [3.63, 3.8) is 0 Å². The Kier molecular flexibility index (Phi) is 6.35. The van der Waals surface area contributed by atoms with E-state index in [0.29, 0.717) is 13.0 Å². The number of ether oxygens (including phenoxy) is 1. The summed E-state index contributed by atoms with van der Waals surface area (Å²) in [6.45, 7) is 4.48. The summed E-state index contributed by atoms with van der Waals surface area (Å²) in [7, 11) is 0. The van der Waals surface area contributed by atoms with Gasteiger partial charge < -0.3 is 20.1 Å². The minimum Gasteiger partial charge on any atom is -0.466 e. The maximum atomic E-state index is 13.6. The van der Waals surface area contributed by atoms with Crippen LogP contribution in [0.25, 0.3) is 0 Å². The molecule has 1 spiro atoms. The molecule has 7 nitrogen and oxygen atoms in total. The summed E-state index contributed by atoms with van der Waals surface area (Å²) >= 11 is 1.67. The van der Waals surface area contributed by atoms with Crippen LogP contribution in [-0.2, 0) is 19.1 Å². The summed E-state index contributed by atoms with van der Waals surface area (Å²) in [6, 6.07) is -0.427. The number of rotatable bonds is 7. The first kappa shape index (κ1) is 21.9. The average Bonchev–Trinajstić information content (AvgIpc) is 3.31. The third-order valence-corrected chi connectivity index (χ3v) is 9.64. The number of fused-ring (bicyclic) bond motifs is 1. The predicted octanol–water partition coefficient (Wildman–Crippen LogP) is 1.72. The molecule has 3 aliphatic heterocycles. The number of amides is 2. The molecule has 3 unspecified atom stereocenters. The molecule has 2 N–H and O–H groups in total. The molecule has 30 heavy (non-hydrogen) atoms. The first-order valence-corrected chi connectivity index (χ1v) is 12.4. The number of aliphatic hydroxyl groups is 1. The van der Waals surface area contributed by atoms with Gasteiger partial charge in [0.1, 0.15) is 6.04 Å². The summed E-state index contributed by atoms with van der Waals surface area (Å²) in [4.78, 5) is 41.7. The largest absolute Gasteiger partial charge is 0.466 e. The van der Waals surface area contributed by atoms with Gasteiger partial charge in [0.2, 0.25) is 11.8 Å². The van der Waals surface area contributed by atoms with E-state index >= 15 is 0 Å². The normalized spacial score (nSPS) is 38.0. The molecule has 1 saturated carbocycles. The molecule has 1 aliphatic carbocycles. The molecule has 6 atom stereocenters. The van der Waals surface area contributed by atoms with Crippen molar-refractivity contribution in [1.82, 2.24) is 10.2 Å². The van der Waals surface area contributed by atoms with E-state index in [1.165, 1.54) is 6.42 Å². The van der Waals surface area contributed by atoms with Gasteiger partial charge in [-0.25, -0.2) is 0 Å². The maximum Gasteiger partial charge on any atom is 0.310 e. The number of aliphatic hydroxyl groups excluding tert-OH is 1. The number of hydrogen-bond donors (Lipinski definition) is 2. The van der Waals surface area contributed by atoms with Gasteiger partial charge in [-0.2, -0.15) is 0 Å². The summed E-state index contributed by atoms with van der Waals surface area (Å²) in [6.07, 6.45) is 6.65. The van der Waals surface area contributed by atoms with Crippen LogP contribution >= 0.6 is 11.8 Å². The molecular formula is C22H34N2O5S. The molecule has 4 rings (SSSR count). The summed E-state index contributed by atoms with van der Waals surface area (Å²) in [5.41, 5.74) is 0. The molecule has 168 valence electrons. The fraction of sp³-hybridized carbons (Fsp3) is 0.864. The number of likely N-dealkylation sites (tertiary alicyclic amines) is 1. The van der Waals surface area contributed by atoms with Crippen molar-refractivity contribution in [3.05, 3.63) is 0 Å². The fourth-order valence-corrected chi connectivity index (χ4v) is 8.74. The minimum atomic E-state index is -0.590. The van der Waals surface area contributed by atoms with Crippen LogP contribution in [-0.4, -0.2) is 69.6 Å². The van der Waals surface area contributed by atoms with E-state index in [4.69, 9.17) is 4.74 Å². The van der Waals surface area contributed by atoms with Crippen LogP contribution in [0.4, 0.5) is 0 Å². The van der Waals surface area contributed by atoms with Crippen LogP contribution in [0.1, 0.15) is 58.8 Å². The average molecular weight is 439 g/mol. The lowest BCUT2D eigenvalue weighted by Crippen LogP contribution is -2.57. The van der Waals surface area contributed by atoms with E-state index in [-0.39, 0.29) is 48.2 Å². The predicted molar refractivity (Wildman–Crippen MR) is 114 cm³/mol. The van der Waals surface area contributed by atoms with E-state index in [0.717, 1.165) is 32.1 Å². The second-order valence-corrected chi connectivity index (χ2v) is 10.8. The van der Waals surface area contributed by atoms with Gasteiger partial charge in [-0.3, -0.25) is 14.4 Å². The Balaban J connectivity index is 1.66. The van der Waals surface area contributed by atoms with E-state index < -0.39 is 22.6 Å². The van der Waals surface area contributed by atoms with Crippen LogP contribution < -0.4 is 5.32 Å². The number of esters is 1. The second kappa shape index (κ2) is 8.69. The second-order valence-electron chi connectivity index (χ2n) is 9.26. The Morgan fingerprint density at radius 2 is 2.03 bits per heavy atom. The summed E-state index contributed by atoms with van der Waals surface area (Å²) < 4.78 is 4.75. The molecular weight excluding hydrogens is 404 g/mol. The Morgan fingerprint density at radius 1 is 1.30 bits per heavy atom. The smallest absolute Gasteiger partial charge is 0.310 e. The Hall–Kier alpha value is -1.28. The first-order valence-electron chi connectivity index (χ1n) is 11.5. The molecule has 3 heterocycles. The SMILES string of the molecule is CCOC(=O)[C@@H]1[C@H]2C(=O)N(CCCO)C(C(=O)NC3CCCCC3)C23S[C@@H]1CC3C. The molecule has 0 aromatic carbocycles. The highest BCUT2D eigenvalue weighted by Gasteiger charge is 2.76. The third kappa shape index (κ3) is 3.34. The van der Waals surface area contributed by atoms with Gasteiger partial charge in [0.05, 0.1) is 23.2 Å². The third-order valence-electron chi connectivity index (χ3n) is 7.56. The highest BCUT2D eigenvalue weighted by molar-refractivity contribution is 8.02. The zero-order chi connectivity index (χ0) is 21.5. The van der Waals surface area contributed by atoms with Gasteiger partial charge in [0.25, 0.3) is 0 Å². The lowest BCUT2D eigenvalue weighted by molar-refractivity contribution is -0.154. The lowest BCUT2D eigenvalue weighted by atomic mass is 9.66. The molecule has 0 radical (unpaired) electrons. The number of hydrogen-bond acceptors (Lipinski definition) is 6. The van der Waals surface area contributed by atoms with Gasteiger partial charge in [0, 0.05) is 24.4 Å². The topological polar surface area (TPSA) is 95.9 Å². The molecule has 0 aromatic heterocycles. The van der Waals surface area contributed by atoms with E-state index in [9.17, 15) is 19.5 Å². The molecule has 4 aliphatic rings. The van der Waals surface area contributed by atoms with Crippen LogP contribution in [0.15, 0.2) is 0 Å². The standard InChI is InChI=1S/C22H34N2O5S/c1-3-29-21(28)16-15-12-13(2)22(30-15)17(16)20(27)24(10-7-11-25)18(22)19(26)23-14-8-5-4-6-9-14/h13-18,25H,3-12H2,1-2H3,(H,23,26)/t13?,15-,16+,17+,18?,22?/m1/s1. The number of carbonyl (C=O) groups excluding carboxylic acids is 3. The van der Waals surface area contributed by atoms with Crippen molar-refractivity contribution < 1.29 is 24.2 Å². The van der Waals surface area contributed by atoms with Crippen LogP contribution in [0.5, 0.6) is 0 Å². The Bertz CT molecular complexity index is 697. The van der Waals surface area contributed by atoms with Crippen LogP contribution in [0.3, 0.4) is 0 Å². The van der Waals surface area contributed by atoms with Crippen LogP contribution in [0.2, 0.25) is 0 Å². The van der Waals surface area contributed by atoms with Gasteiger partial charge in [0.15, 0.2) is 0 Å². The zero-order valence-corrected chi connectivity index (χ0v) is 18.8. The van der Waals surface area contributed by atoms with Crippen molar-refractivity contribution in [2.45, 2.75) is 80.9 Å². The highest BCUT2D eigenvalue weighted by atomic mass is 32.2. The number of carbonyl (C=O) groups is 3. The number of nitrogens with one attached hydrogen (secondary N) is 1. The Morgan fingerprint density at radius 3 is 2.70 bits per heavy atom. The minimum absolute atomic E-state index is 0.0259. The van der Waals surface area contributed by atoms with E-state index in [1.54, 1.807) is 23.6 Å². The fourth-order valence-electron chi connectivity index (χ4n) is 6.33. The highest BCUT2D eigenvalue weighted by Crippen LogP contribution is 2.68. The first-order chi connectivity index (χ1) is 14.5. The van der Waals surface area contributed by atoms with Gasteiger partial charge in [-0.1, -0.05) is 26.2 Å². The molecule has 3 saturated heterocycles.